The van der Waals surface area contributed by atoms with Crippen molar-refractivity contribution in [2.45, 2.75) is 40.2 Å². The summed E-state index contributed by atoms with van der Waals surface area (Å²) in [5.74, 6) is 1.41. The van der Waals surface area contributed by atoms with Gasteiger partial charge in [0, 0.05) is 25.0 Å². The average molecular weight is 428 g/mol. The minimum Gasteiger partial charge on any atom is -0.354 e. The molecule has 1 aromatic carbocycles. The van der Waals surface area contributed by atoms with Gasteiger partial charge in [0.05, 0.1) is 5.52 Å². The molecule has 0 radical (unpaired) electrons. The second kappa shape index (κ2) is 8.78. The number of piperidine rings is 1. The fourth-order valence-electron chi connectivity index (χ4n) is 4.89. The molecule has 2 atom stereocenters. The number of amides is 1. The summed E-state index contributed by atoms with van der Waals surface area (Å²) in [4.78, 5) is 27.7. The Morgan fingerprint density at radius 2 is 1.94 bits per heavy atom. The molecule has 2 aromatic heterocycles. The van der Waals surface area contributed by atoms with E-state index in [9.17, 15) is 14.0 Å². The van der Waals surface area contributed by atoms with E-state index in [4.69, 9.17) is 0 Å². The molecule has 8 heteroatoms. The van der Waals surface area contributed by atoms with Crippen LogP contribution in [-0.4, -0.2) is 51.2 Å². The number of fused-ring (bicyclic) bond motifs is 3. The summed E-state index contributed by atoms with van der Waals surface area (Å²) in [6.45, 7) is 9.98. The summed E-state index contributed by atoms with van der Waals surface area (Å²) in [7, 11) is 0. The van der Waals surface area contributed by atoms with Crippen molar-refractivity contribution in [3.8, 4) is 0 Å². The normalized spacial score (nSPS) is 19.9. The zero-order valence-electron chi connectivity index (χ0n) is 18.4. The van der Waals surface area contributed by atoms with E-state index >= 15 is 0 Å². The maximum atomic E-state index is 13.6. The smallest absolute Gasteiger partial charge is 0.291 e. The van der Waals surface area contributed by atoms with E-state index in [1.165, 1.54) is 23.2 Å². The molecule has 1 aliphatic rings. The van der Waals surface area contributed by atoms with E-state index in [1.807, 2.05) is 0 Å². The second-order valence-electron chi connectivity index (χ2n) is 8.99. The first kappa shape index (κ1) is 21.5. The van der Waals surface area contributed by atoms with Crippen LogP contribution in [0.5, 0.6) is 0 Å². The van der Waals surface area contributed by atoms with Crippen molar-refractivity contribution < 1.29 is 9.18 Å². The number of nitrogens with one attached hydrogen (secondary N) is 1. The Labute approximate surface area is 180 Å². The number of carbonyl (C=O) groups is 1. The van der Waals surface area contributed by atoms with Crippen LogP contribution < -0.4 is 10.9 Å². The van der Waals surface area contributed by atoms with Gasteiger partial charge in [-0.2, -0.15) is 5.10 Å². The number of hydrogen-bond donors (Lipinski definition) is 1. The van der Waals surface area contributed by atoms with E-state index in [0.717, 1.165) is 43.4 Å². The Balaban J connectivity index is 1.39. The van der Waals surface area contributed by atoms with Crippen LogP contribution in [0.1, 0.15) is 32.5 Å². The van der Waals surface area contributed by atoms with E-state index in [0.29, 0.717) is 23.3 Å². The molecule has 0 unspecified atom stereocenters. The highest BCUT2D eigenvalue weighted by atomic mass is 19.1. The maximum Gasteiger partial charge on any atom is 0.291 e. The van der Waals surface area contributed by atoms with Gasteiger partial charge in [0.1, 0.15) is 23.7 Å². The average Bonchev–Trinajstić information content (AvgIpc) is 3.08. The van der Waals surface area contributed by atoms with Crippen LogP contribution in [0.15, 0.2) is 29.1 Å². The summed E-state index contributed by atoms with van der Waals surface area (Å²) in [6, 6.07) is 6.03. The van der Waals surface area contributed by atoms with E-state index in [1.54, 1.807) is 23.5 Å². The first-order valence-corrected chi connectivity index (χ1v) is 11.0. The summed E-state index contributed by atoms with van der Waals surface area (Å²) in [5.41, 5.74) is 0.735. The molecule has 166 valence electrons. The molecule has 1 N–H and O–H groups in total. The van der Waals surface area contributed by atoms with Crippen molar-refractivity contribution in [1.29, 1.82) is 0 Å². The van der Waals surface area contributed by atoms with Gasteiger partial charge in [0.25, 0.3) is 5.56 Å². The lowest BCUT2D eigenvalue weighted by Gasteiger charge is -2.34. The van der Waals surface area contributed by atoms with Crippen molar-refractivity contribution in [2.75, 3.05) is 26.2 Å². The highest BCUT2D eigenvalue weighted by molar-refractivity contribution is 5.87. The predicted molar refractivity (Wildman–Crippen MR) is 119 cm³/mol. The molecule has 7 nitrogen and oxygen atoms in total. The van der Waals surface area contributed by atoms with Crippen molar-refractivity contribution in [3.05, 3.63) is 46.3 Å². The first-order chi connectivity index (χ1) is 14.8. The number of halogens is 1. The van der Waals surface area contributed by atoms with Crippen LogP contribution in [0, 0.1) is 24.6 Å². The van der Waals surface area contributed by atoms with E-state index in [2.05, 4.69) is 29.2 Å². The summed E-state index contributed by atoms with van der Waals surface area (Å²) in [5, 5.41) is 7.84. The van der Waals surface area contributed by atoms with E-state index < -0.39 is 0 Å². The topological polar surface area (TPSA) is 71.6 Å². The molecular formula is C23H30FN5O2. The number of likely N-dealkylation sites (tertiary alicyclic amines) is 1. The van der Waals surface area contributed by atoms with Crippen LogP contribution in [0.2, 0.25) is 0 Å². The number of benzene rings is 1. The SMILES string of the molecule is Cc1nn(CC(=O)NCCCN2C[C@H](C)C[C@H](C)C2)c(=O)c2cc3cc(F)ccc3n12. The molecule has 1 aliphatic heterocycles. The van der Waals surface area contributed by atoms with Gasteiger partial charge in [0.15, 0.2) is 0 Å². The van der Waals surface area contributed by atoms with Crippen LogP contribution in [-0.2, 0) is 11.3 Å². The number of aryl methyl sites for hydroxylation is 1. The van der Waals surface area contributed by atoms with Crippen LogP contribution >= 0.6 is 0 Å². The van der Waals surface area contributed by atoms with Gasteiger partial charge in [-0.1, -0.05) is 13.8 Å². The Kier molecular flexibility index (Phi) is 6.09. The summed E-state index contributed by atoms with van der Waals surface area (Å²) < 4.78 is 16.4. The fraction of sp³-hybridized carbons (Fsp3) is 0.522. The standard InChI is InChI=1S/C23H30FN5O2/c1-15-9-16(2)13-27(12-15)8-4-7-25-22(30)14-28-23(31)21-11-18-10-19(24)5-6-20(18)29(21)17(3)26-28/h5-6,10-11,15-16H,4,7-9,12-14H2,1-3H3,(H,25,30)/t15-,16+. The number of carbonyl (C=O) groups excluding carboxylic acids is 1. The Bertz CT molecular complexity index is 1160. The Morgan fingerprint density at radius 3 is 2.68 bits per heavy atom. The molecule has 1 fully saturated rings. The number of nitrogens with zero attached hydrogens (tertiary/aromatic N) is 4. The zero-order chi connectivity index (χ0) is 22.1. The summed E-state index contributed by atoms with van der Waals surface area (Å²) in [6.07, 6.45) is 2.16. The van der Waals surface area contributed by atoms with Crippen molar-refractivity contribution in [1.82, 2.24) is 24.4 Å². The zero-order valence-corrected chi connectivity index (χ0v) is 18.4. The highest BCUT2D eigenvalue weighted by Crippen LogP contribution is 2.21. The lowest BCUT2D eigenvalue weighted by molar-refractivity contribution is -0.121. The molecule has 0 spiro atoms. The maximum absolute atomic E-state index is 13.6. The molecule has 3 heterocycles. The van der Waals surface area contributed by atoms with Gasteiger partial charge in [-0.15, -0.1) is 0 Å². The molecular weight excluding hydrogens is 397 g/mol. The van der Waals surface area contributed by atoms with Gasteiger partial charge in [-0.25, -0.2) is 9.07 Å². The number of hydrogen-bond acceptors (Lipinski definition) is 4. The van der Waals surface area contributed by atoms with Gasteiger partial charge in [0.2, 0.25) is 5.91 Å². The predicted octanol–water partition coefficient (Wildman–Crippen LogP) is 2.58. The molecule has 1 saturated heterocycles. The Morgan fingerprint density at radius 1 is 1.19 bits per heavy atom. The third kappa shape index (κ3) is 4.63. The van der Waals surface area contributed by atoms with Crippen molar-refractivity contribution in [3.63, 3.8) is 0 Å². The first-order valence-electron chi connectivity index (χ1n) is 11.0. The fourth-order valence-corrected chi connectivity index (χ4v) is 4.89. The van der Waals surface area contributed by atoms with Crippen molar-refractivity contribution in [2.24, 2.45) is 11.8 Å². The quantitative estimate of drug-likeness (QED) is 0.614. The highest BCUT2D eigenvalue weighted by Gasteiger charge is 2.21. The van der Waals surface area contributed by atoms with Gasteiger partial charge >= 0.3 is 0 Å². The number of rotatable bonds is 6. The van der Waals surface area contributed by atoms with Crippen molar-refractivity contribution >= 4 is 22.3 Å². The molecule has 0 saturated carbocycles. The molecule has 4 rings (SSSR count). The molecule has 0 aliphatic carbocycles. The molecule has 3 aromatic rings. The number of aromatic nitrogens is 3. The lowest BCUT2D eigenvalue weighted by atomic mass is 9.92. The van der Waals surface area contributed by atoms with Crippen LogP contribution in [0.4, 0.5) is 4.39 Å². The molecule has 31 heavy (non-hydrogen) atoms. The molecule has 1 amide bonds. The van der Waals surface area contributed by atoms with Gasteiger partial charge in [-0.3, -0.25) is 14.0 Å². The third-order valence-electron chi connectivity index (χ3n) is 6.02. The van der Waals surface area contributed by atoms with Gasteiger partial charge < -0.3 is 10.2 Å². The minimum absolute atomic E-state index is 0.135. The van der Waals surface area contributed by atoms with Crippen LogP contribution in [0.3, 0.4) is 0 Å². The third-order valence-corrected chi connectivity index (χ3v) is 6.02. The monoisotopic (exact) mass is 427 g/mol. The van der Waals surface area contributed by atoms with E-state index in [-0.39, 0.29) is 23.8 Å². The Hall–Kier alpha value is -2.74. The second-order valence-corrected chi connectivity index (χ2v) is 8.99. The largest absolute Gasteiger partial charge is 0.354 e. The molecule has 0 bridgehead atoms. The minimum atomic E-state index is -0.367. The summed E-state index contributed by atoms with van der Waals surface area (Å²) >= 11 is 0. The lowest BCUT2D eigenvalue weighted by Crippen LogP contribution is -2.40. The van der Waals surface area contributed by atoms with Crippen LogP contribution in [0.25, 0.3) is 16.4 Å². The van der Waals surface area contributed by atoms with Gasteiger partial charge in [-0.05, 0) is 62.4 Å².